The molecule has 2 N–H and O–H groups in total. The standard InChI is InChI=1S/2C4H6O4.2Na.H2S/c2*5-3(6)1-2-4(7)8;;;/h2*1-2H2,(H,5,6)(H,7,8);;;1H2/q;;2*+1;/p-2. The van der Waals surface area contributed by atoms with Crippen molar-refractivity contribution < 1.29 is 98.7 Å². The summed E-state index contributed by atoms with van der Waals surface area (Å²) in [5, 5.41) is 34.8. The Labute approximate surface area is 160 Å². The van der Waals surface area contributed by atoms with Crippen LogP contribution in [0.15, 0.2) is 0 Å². The predicted molar refractivity (Wildman–Crippen MR) is 54.1 cm³/mol. The van der Waals surface area contributed by atoms with Crippen LogP contribution < -0.4 is 69.3 Å². The maximum absolute atomic E-state index is 9.64. The van der Waals surface area contributed by atoms with Crippen molar-refractivity contribution in [1.82, 2.24) is 0 Å². The molecule has 0 bridgehead atoms. The molecule has 0 radical (unpaired) electrons. The fourth-order valence-corrected chi connectivity index (χ4v) is 0.418. The Morgan fingerprint density at radius 1 is 0.684 bits per heavy atom. The smallest absolute Gasteiger partial charge is 0.550 e. The molecule has 0 atom stereocenters. The number of carboxylic acids is 4. The van der Waals surface area contributed by atoms with Gasteiger partial charge < -0.3 is 30.0 Å². The second kappa shape index (κ2) is 20.5. The van der Waals surface area contributed by atoms with Gasteiger partial charge >= 0.3 is 71.1 Å². The number of carbonyl (C=O) groups excluding carboxylic acids is 2. The van der Waals surface area contributed by atoms with Gasteiger partial charge in [0.05, 0.1) is 12.8 Å². The van der Waals surface area contributed by atoms with Gasteiger partial charge in [0.1, 0.15) is 0 Å². The Morgan fingerprint density at radius 2 is 0.895 bits per heavy atom. The van der Waals surface area contributed by atoms with Crippen LogP contribution >= 0.6 is 13.5 Å². The van der Waals surface area contributed by atoms with E-state index in [4.69, 9.17) is 10.2 Å². The van der Waals surface area contributed by atoms with Crippen LogP contribution in [0.3, 0.4) is 0 Å². The van der Waals surface area contributed by atoms with Crippen molar-refractivity contribution in [2.24, 2.45) is 0 Å². The van der Waals surface area contributed by atoms with Crippen molar-refractivity contribution in [3.8, 4) is 0 Å². The molecule has 0 spiro atoms. The first-order valence-electron chi connectivity index (χ1n) is 4.09. The van der Waals surface area contributed by atoms with Crippen LogP contribution in [0, 0.1) is 0 Å². The molecule has 0 aromatic rings. The Balaban J connectivity index is -0.0000000594. The van der Waals surface area contributed by atoms with E-state index in [1.165, 1.54) is 0 Å². The van der Waals surface area contributed by atoms with Crippen LogP contribution in [-0.2, 0) is 19.2 Å². The molecule has 0 unspecified atom stereocenters. The Hall–Kier alpha value is 0.230. The van der Waals surface area contributed by atoms with Crippen LogP contribution in [0.2, 0.25) is 0 Å². The summed E-state index contributed by atoms with van der Waals surface area (Å²) in [6.07, 6.45) is -1.53. The summed E-state index contributed by atoms with van der Waals surface area (Å²) < 4.78 is 0. The molecule has 0 saturated heterocycles. The number of aliphatic carboxylic acids is 4. The summed E-state index contributed by atoms with van der Waals surface area (Å²) in [5.41, 5.74) is 0. The van der Waals surface area contributed by atoms with Gasteiger partial charge in [-0.05, 0) is 12.8 Å². The Kier molecular flexibility index (Phi) is 34.1. The van der Waals surface area contributed by atoms with E-state index in [-0.39, 0.29) is 85.5 Å². The Bertz CT molecular complexity index is 228. The second-order valence-electron chi connectivity index (χ2n) is 2.53. The SMILES string of the molecule is O=C(O)CCC(=O)O.O=C([O-])CCC(=O)[O-].S.[Na+].[Na+]. The molecule has 0 amide bonds. The summed E-state index contributed by atoms with van der Waals surface area (Å²) in [6.45, 7) is 0. The monoisotopic (exact) mass is 314 g/mol. The third-order valence-electron chi connectivity index (χ3n) is 1.09. The van der Waals surface area contributed by atoms with Gasteiger partial charge in [-0.25, -0.2) is 0 Å². The van der Waals surface area contributed by atoms with Gasteiger partial charge in [-0.1, -0.05) is 0 Å². The summed E-state index contributed by atoms with van der Waals surface area (Å²) in [7, 11) is 0. The molecule has 0 fully saturated rings. The van der Waals surface area contributed by atoms with Crippen molar-refractivity contribution in [3.63, 3.8) is 0 Å². The molecular formula is C8H12Na2O8S. The van der Waals surface area contributed by atoms with Crippen LogP contribution in [0.5, 0.6) is 0 Å². The van der Waals surface area contributed by atoms with Gasteiger partial charge in [-0.3, -0.25) is 9.59 Å². The first kappa shape index (κ1) is 31.6. The van der Waals surface area contributed by atoms with Gasteiger partial charge in [0, 0.05) is 11.9 Å². The molecule has 0 saturated carbocycles. The van der Waals surface area contributed by atoms with Gasteiger partial charge in [0.2, 0.25) is 0 Å². The molecule has 0 rings (SSSR count). The number of carboxylic acid groups (broad SMARTS) is 4. The zero-order valence-electron chi connectivity index (χ0n) is 10.7. The molecule has 0 heterocycles. The van der Waals surface area contributed by atoms with E-state index in [2.05, 4.69) is 0 Å². The van der Waals surface area contributed by atoms with Crippen molar-refractivity contribution in [1.29, 1.82) is 0 Å². The largest absolute Gasteiger partial charge is 1.00 e. The fourth-order valence-electron chi connectivity index (χ4n) is 0.418. The second-order valence-corrected chi connectivity index (χ2v) is 2.53. The summed E-state index contributed by atoms with van der Waals surface area (Å²) in [5.74, 6) is -4.89. The average molecular weight is 314 g/mol. The topological polar surface area (TPSA) is 155 Å². The van der Waals surface area contributed by atoms with E-state index in [0.29, 0.717) is 0 Å². The molecule has 8 nitrogen and oxygen atoms in total. The molecule has 11 heteroatoms. The van der Waals surface area contributed by atoms with Gasteiger partial charge in [-0.2, -0.15) is 13.5 Å². The maximum Gasteiger partial charge on any atom is 1.00 e. The summed E-state index contributed by atoms with van der Waals surface area (Å²) in [4.78, 5) is 38.3. The quantitative estimate of drug-likeness (QED) is 0.458. The van der Waals surface area contributed by atoms with Gasteiger partial charge in [-0.15, -0.1) is 0 Å². The molecule has 0 aliphatic rings. The average Bonchev–Trinajstić information content (AvgIpc) is 2.12. The van der Waals surface area contributed by atoms with Gasteiger partial charge in [0.25, 0.3) is 0 Å². The van der Waals surface area contributed by atoms with Crippen LogP contribution in [0.4, 0.5) is 0 Å². The summed E-state index contributed by atoms with van der Waals surface area (Å²) in [6, 6.07) is 0. The van der Waals surface area contributed by atoms with E-state index >= 15 is 0 Å². The molecule has 0 aliphatic carbocycles. The molecule has 0 aliphatic heterocycles. The van der Waals surface area contributed by atoms with E-state index in [1.54, 1.807) is 0 Å². The number of rotatable bonds is 6. The third-order valence-corrected chi connectivity index (χ3v) is 1.09. The minimum absolute atomic E-state index is 0. The van der Waals surface area contributed by atoms with Crippen LogP contribution in [0.25, 0.3) is 0 Å². The van der Waals surface area contributed by atoms with E-state index in [9.17, 15) is 29.4 Å². The van der Waals surface area contributed by atoms with Crippen molar-refractivity contribution in [2.45, 2.75) is 25.7 Å². The minimum Gasteiger partial charge on any atom is -0.550 e. The van der Waals surface area contributed by atoms with Crippen molar-refractivity contribution in [3.05, 3.63) is 0 Å². The third kappa shape index (κ3) is 45.9. The van der Waals surface area contributed by atoms with E-state index in [0.717, 1.165) is 0 Å². The van der Waals surface area contributed by atoms with E-state index in [1.807, 2.05) is 0 Å². The number of hydrogen-bond acceptors (Lipinski definition) is 6. The minimum atomic E-state index is -1.37. The molecule has 0 aromatic heterocycles. The maximum atomic E-state index is 9.64. The zero-order valence-corrected chi connectivity index (χ0v) is 15.7. The Morgan fingerprint density at radius 3 is 1.00 bits per heavy atom. The first-order chi connectivity index (χ1) is 7.25. The first-order valence-corrected chi connectivity index (χ1v) is 4.09. The molecule has 0 aromatic carbocycles. The van der Waals surface area contributed by atoms with Gasteiger partial charge in [0.15, 0.2) is 0 Å². The van der Waals surface area contributed by atoms with Crippen LogP contribution in [-0.4, -0.2) is 34.1 Å². The van der Waals surface area contributed by atoms with E-state index < -0.39 is 36.7 Å². The summed E-state index contributed by atoms with van der Waals surface area (Å²) >= 11 is 0. The zero-order chi connectivity index (χ0) is 13.1. The van der Waals surface area contributed by atoms with Crippen LogP contribution in [0.1, 0.15) is 25.7 Å². The molecule has 19 heavy (non-hydrogen) atoms. The van der Waals surface area contributed by atoms with Crippen molar-refractivity contribution in [2.75, 3.05) is 0 Å². The number of carbonyl (C=O) groups is 4. The molecular weight excluding hydrogens is 302 g/mol. The predicted octanol–water partition coefficient (Wildman–Crippen LogP) is -8.68. The number of hydrogen-bond donors (Lipinski definition) is 2. The van der Waals surface area contributed by atoms with Crippen molar-refractivity contribution >= 4 is 37.4 Å². The fraction of sp³-hybridized carbons (Fsp3) is 0.500. The normalized spacial score (nSPS) is 7.16. The molecule has 100 valence electrons.